The van der Waals surface area contributed by atoms with Crippen molar-refractivity contribution in [3.05, 3.63) is 101 Å². The Bertz CT molecular complexity index is 1510. The number of aliphatic hydroxyl groups is 1. The van der Waals surface area contributed by atoms with Crippen LogP contribution in [0.4, 0.5) is 5.69 Å². The predicted octanol–water partition coefficient (Wildman–Crippen LogP) is 7.05. The molecule has 1 spiro atoms. The second-order valence-electron chi connectivity index (χ2n) is 12.9. The smallest absolute Gasteiger partial charge is 0.263 e. The van der Waals surface area contributed by atoms with E-state index in [0.717, 1.165) is 68.1 Å². The second-order valence-corrected chi connectivity index (χ2v) is 15.1. The zero-order chi connectivity index (χ0) is 32.7. The van der Waals surface area contributed by atoms with Crippen LogP contribution in [0, 0.1) is 11.8 Å². The summed E-state index contributed by atoms with van der Waals surface area (Å²) in [5, 5.41) is 11.5. The summed E-state index contributed by atoms with van der Waals surface area (Å²) in [5.74, 6) is 0.942. The molecule has 0 saturated heterocycles. The number of carbonyl (C=O) groups is 1. The summed E-state index contributed by atoms with van der Waals surface area (Å²) >= 11 is 6.39. The van der Waals surface area contributed by atoms with Crippen LogP contribution in [-0.2, 0) is 22.8 Å². The number of amides is 1. The minimum Gasteiger partial charge on any atom is -0.490 e. The number of pyridine rings is 1. The Hall–Kier alpha value is -3.20. The molecular formula is C37H46ClN3O4S. The maximum Gasteiger partial charge on any atom is 0.263 e. The molecule has 2 aromatic carbocycles. The third-order valence-corrected chi connectivity index (χ3v) is 10.9. The average Bonchev–Trinajstić information content (AvgIpc) is 3.19. The second kappa shape index (κ2) is 15.6. The summed E-state index contributed by atoms with van der Waals surface area (Å²) < 4.78 is 21.5. The van der Waals surface area contributed by atoms with Crippen molar-refractivity contribution in [3.8, 4) is 5.75 Å². The van der Waals surface area contributed by atoms with Crippen molar-refractivity contribution in [2.24, 2.45) is 11.8 Å². The zero-order valence-electron chi connectivity index (χ0n) is 27.0. The fourth-order valence-corrected chi connectivity index (χ4v) is 7.54. The number of ether oxygens (including phenoxy) is 1. The van der Waals surface area contributed by atoms with Crippen molar-refractivity contribution >= 4 is 34.2 Å². The van der Waals surface area contributed by atoms with Crippen LogP contribution >= 0.6 is 11.6 Å². The Kier molecular flexibility index (Phi) is 11.6. The number of nitrogens with zero attached hydrogens (tertiary/aromatic N) is 2. The summed E-state index contributed by atoms with van der Waals surface area (Å²) in [6.07, 6.45) is 13.1. The molecule has 7 nitrogen and oxygen atoms in total. The number of nitrogens with one attached hydrogen (secondary N) is 1. The number of halogens is 1. The average molecular weight is 664 g/mol. The molecule has 6 rings (SSSR count). The number of fused-ring (bicyclic) bond motifs is 3. The molecule has 246 valence electrons. The van der Waals surface area contributed by atoms with Crippen LogP contribution in [0.5, 0.6) is 5.75 Å². The van der Waals surface area contributed by atoms with Crippen molar-refractivity contribution < 1.29 is 18.8 Å². The lowest BCUT2D eigenvalue weighted by atomic mass is 9.68. The highest BCUT2D eigenvalue weighted by atomic mass is 35.5. The number of carbonyl (C=O) groups excluding carboxylic acids is 1. The van der Waals surface area contributed by atoms with E-state index in [1.807, 2.05) is 62.4 Å². The van der Waals surface area contributed by atoms with Gasteiger partial charge in [0, 0.05) is 46.7 Å². The molecule has 46 heavy (non-hydrogen) atoms. The molecule has 4 unspecified atom stereocenters. The number of benzene rings is 2. The van der Waals surface area contributed by atoms with Crippen molar-refractivity contribution in [3.63, 3.8) is 0 Å². The standard InChI is InChI=1S/C32H41ClN2O4S.C5H5N/c1-4-5-8-29(36)26-12-9-24(26)18-35-19-32(15-6-7-22-16-25(33)11-13-27(22)32)20-39-30-14-10-23(17-28(30)35)31(37)34-40(38)21(2)3;1-2-4-6-5-3-1/h5,8,10-11,13-14,16-17,21,24,26,29,36H,4,6-7,9,12,15,18-20H2,1-3H3,(H,34,37);1-5H/b8-5+;/t24?,26?,29?,32-,40?;/m0./s1. The van der Waals surface area contributed by atoms with Gasteiger partial charge in [-0.1, -0.05) is 42.8 Å². The van der Waals surface area contributed by atoms with Crippen molar-refractivity contribution in [2.75, 3.05) is 24.6 Å². The van der Waals surface area contributed by atoms with E-state index in [2.05, 4.69) is 33.7 Å². The molecule has 1 fully saturated rings. The minimum absolute atomic E-state index is 0.173. The summed E-state index contributed by atoms with van der Waals surface area (Å²) in [6.45, 7) is 7.78. The highest BCUT2D eigenvalue weighted by Crippen LogP contribution is 2.46. The van der Waals surface area contributed by atoms with Gasteiger partial charge < -0.3 is 14.7 Å². The maximum absolute atomic E-state index is 13.0. The summed E-state index contributed by atoms with van der Waals surface area (Å²) in [5.41, 5.74) is 3.71. The van der Waals surface area contributed by atoms with Crippen molar-refractivity contribution in [1.82, 2.24) is 9.71 Å². The first-order valence-electron chi connectivity index (χ1n) is 16.4. The number of hydrogen-bond donors (Lipinski definition) is 2. The molecule has 1 saturated carbocycles. The lowest BCUT2D eigenvalue weighted by molar-refractivity contribution is 0.0456. The molecule has 0 bridgehead atoms. The lowest BCUT2D eigenvalue weighted by Gasteiger charge is -2.45. The molecule has 1 aromatic heterocycles. The topological polar surface area (TPSA) is 91.8 Å². The van der Waals surface area contributed by atoms with E-state index in [4.69, 9.17) is 16.3 Å². The van der Waals surface area contributed by atoms with Gasteiger partial charge in [-0.2, -0.15) is 0 Å². The molecule has 3 aliphatic rings. The van der Waals surface area contributed by atoms with Gasteiger partial charge in [-0.3, -0.25) is 14.5 Å². The van der Waals surface area contributed by atoms with Crippen LogP contribution in [0.2, 0.25) is 5.02 Å². The Morgan fingerprint density at radius 2 is 2.00 bits per heavy atom. The first-order chi connectivity index (χ1) is 22.2. The van der Waals surface area contributed by atoms with E-state index in [1.54, 1.807) is 18.5 Å². The van der Waals surface area contributed by atoms with Crippen LogP contribution in [0.25, 0.3) is 0 Å². The molecule has 1 aliphatic heterocycles. The normalized spacial score (nSPS) is 23.2. The van der Waals surface area contributed by atoms with Gasteiger partial charge in [0.2, 0.25) is 0 Å². The third kappa shape index (κ3) is 8.01. The van der Waals surface area contributed by atoms with Crippen LogP contribution in [-0.4, -0.2) is 51.3 Å². The van der Waals surface area contributed by atoms with Gasteiger partial charge in [0.05, 0.1) is 18.4 Å². The number of rotatable bonds is 8. The van der Waals surface area contributed by atoms with Gasteiger partial charge in [0.15, 0.2) is 0 Å². The van der Waals surface area contributed by atoms with Gasteiger partial charge in [0.25, 0.3) is 5.91 Å². The Labute approximate surface area is 281 Å². The Morgan fingerprint density at radius 1 is 1.20 bits per heavy atom. The maximum atomic E-state index is 13.0. The first kappa shape index (κ1) is 34.1. The minimum atomic E-state index is -1.46. The Morgan fingerprint density at radius 3 is 2.65 bits per heavy atom. The molecule has 2 N–H and O–H groups in total. The number of aryl methyl sites for hydroxylation is 1. The van der Waals surface area contributed by atoms with E-state index < -0.39 is 17.1 Å². The lowest BCUT2D eigenvalue weighted by Crippen LogP contribution is -2.49. The molecule has 3 aromatic rings. The van der Waals surface area contributed by atoms with Gasteiger partial charge in [-0.15, -0.1) is 0 Å². The third-order valence-electron chi connectivity index (χ3n) is 9.43. The SMILES string of the molecule is CC/C=C/C(O)C1CCC1CN1C[C@@]2(CCCc3cc(Cl)ccc32)COc2ccc(C(=O)NS(=O)C(C)C)cc21.c1ccncc1. The summed E-state index contributed by atoms with van der Waals surface area (Å²) in [4.78, 5) is 19.2. The van der Waals surface area contributed by atoms with Gasteiger partial charge in [-0.25, -0.2) is 4.21 Å². The first-order valence-corrected chi connectivity index (χ1v) is 18.0. The Balaban J connectivity index is 0.000000624. The fraction of sp³-hybridized carbons (Fsp3) is 0.459. The zero-order valence-corrected chi connectivity index (χ0v) is 28.6. The highest BCUT2D eigenvalue weighted by molar-refractivity contribution is 7.84. The van der Waals surface area contributed by atoms with Crippen molar-refractivity contribution in [2.45, 2.75) is 76.1 Å². The van der Waals surface area contributed by atoms with Crippen LogP contribution in [0.3, 0.4) is 0 Å². The molecule has 5 atom stereocenters. The molecule has 2 aliphatic carbocycles. The van der Waals surface area contributed by atoms with Gasteiger partial charge in [-0.05, 0) is 118 Å². The van der Waals surface area contributed by atoms with Crippen LogP contribution < -0.4 is 14.4 Å². The van der Waals surface area contributed by atoms with E-state index in [1.165, 1.54) is 11.1 Å². The summed E-state index contributed by atoms with van der Waals surface area (Å²) in [6, 6.07) is 17.5. The molecule has 2 heterocycles. The molecule has 0 radical (unpaired) electrons. The largest absolute Gasteiger partial charge is 0.490 e. The quantitative estimate of drug-likeness (QED) is 0.251. The molecule has 9 heteroatoms. The van der Waals surface area contributed by atoms with E-state index in [9.17, 15) is 14.1 Å². The number of aliphatic hydroxyl groups excluding tert-OH is 1. The molecule has 1 amide bonds. The molecular weight excluding hydrogens is 618 g/mol. The van der Waals surface area contributed by atoms with Gasteiger partial charge in [0.1, 0.15) is 16.7 Å². The summed E-state index contributed by atoms with van der Waals surface area (Å²) in [7, 11) is -1.46. The number of anilines is 1. The van der Waals surface area contributed by atoms with Gasteiger partial charge >= 0.3 is 0 Å². The number of hydrogen-bond acceptors (Lipinski definition) is 6. The van der Waals surface area contributed by atoms with E-state index in [0.29, 0.717) is 18.1 Å². The van der Waals surface area contributed by atoms with E-state index in [-0.39, 0.29) is 22.5 Å². The number of allylic oxidation sites excluding steroid dienone is 1. The van der Waals surface area contributed by atoms with E-state index >= 15 is 0 Å². The fourth-order valence-electron chi connectivity index (χ4n) is 6.81. The van der Waals surface area contributed by atoms with Crippen LogP contribution in [0.15, 0.2) is 79.1 Å². The highest BCUT2D eigenvalue weighted by Gasteiger charge is 2.44. The van der Waals surface area contributed by atoms with Crippen LogP contribution in [0.1, 0.15) is 74.4 Å². The monoisotopic (exact) mass is 663 g/mol. The number of aromatic nitrogens is 1. The van der Waals surface area contributed by atoms with Crippen molar-refractivity contribution in [1.29, 1.82) is 0 Å². The predicted molar refractivity (Wildman–Crippen MR) is 187 cm³/mol.